The summed E-state index contributed by atoms with van der Waals surface area (Å²) in [7, 11) is 0. The predicted octanol–water partition coefficient (Wildman–Crippen LogP) is 4.39. The molecule has 2 nitrogen and oxygen atoms in total. The molecule has 0 radical (unpaired) electrons. The molecule has 0 rings (SSSR count). The number of nitrogens with two attached hydrogens (primary N) is 2. The molecule has 116 valence electrons. The molecule has 4 N–H and O–H groups in total. The van der Waals surface area contributed by atoms with Gasteiger partial charge in [0.15, 0.2) is 0 Å². The van der Waals surface area contributed by atoms with E-state index in [1.165, 1.54) is 6.20 Å². The van der Waals surface area contributed by atoms with Crippen molar-refractivity contribution in [3.8, 4) is 0 Å². The van der Waals surface area contributed by atoms with Crippen LogP contribution in [0, 0.1) is 5.41 Å². The lowest BCUT2D eigenvalue weighted by Crippen LogP contribution is -2.48. The molecule has 0 bridgehead atoms. The lowest BCUT2D eigenvalue weighted by Gasteiger charge is -2.39. The van der Waals surface area contributed by atoms with Crippen LogP contribution >= 0.6 is 0 Å². The standard InChI is InChI=1S/C19H30N2/c1-7-11-17(18(3,4)19(5,6)21)13-10-8-9-12-16(2)14-15-20/h7-15H,1,20-21H2,2-6H3/b9-8-,13-10-,15-14+,16-12-,17-11+. The van der Waals surface area contributed by atoms with E-state index in [1.54, 1.807) is 6.08 Å². The van der Waals surface area contributed by atoms with Crippen LogP contribution in [-0.4, -0.2) is 5.54 Å². The Morgan fingerprint density at radius 1 is 0.952 bits per heavy atom. The summed E-state index contributed by atoms with van der Waals surface area (Å²) < 4.78 is 0. The smallest absolute Gasteiger partial charge is 0.0189 e. The largest absolute Gasteiger partial charge is 0.405 e. The number of hydrogen-bond acceptors (Lipinski definition) is 2. The van der Waals surface area contributed by atoms with Gasteiger partial charge in [0.1, 0.15) is 0 Å². The summed E-state index contributed by atoms with van der Waals surface area (Å²) in [6.45, 7) is 14.2. The number of hydrogen-bond donors (Lipinski definition) is 2. The molecule has 0 aliphatic carbocycles. The molecule has 0 saturated heterocycles. The fourth-order valence-electron chi connectivity index (χ4n) is 1.61. The first-order chi connectivity index (χ1) is 9.66. The molecule has 21 heavy (non-hydrogen) atoms. The monoisotopic (exact) mass is 286 g/mol. The average molecular weight is 286 g/mol. The zero-order chi connectivity index (χ0) is 16.5. The third-order valence-electron chi connectivity index (χ3n) is 3.85. The Bertz CT molecular complexity index is 478. The fourth-order valence-corrected chi connectivity index (χ4v) is 1.61. The van der Waals surface area contributed by atoms with E-state index in [9.17, 15) is 0 Å². The Kier molecular flexibility index (Phi) is 7.75. The first-order valence-electron chi connectivity index (χ1n) is 7.18. The molecule has 0 aromatic rings. The van der Waals surface area contributed by atoms with Crippen LogP contribution in [0.1, 0.15) is 34.6 Å². The average Bonchev–Trinajstić information content (AvgIpc) is 2.36. The zero-order valence-corrected chi connectivity index (χ0v) is 14.1. The van der Waals surface area contributed by atoms with Gasteiger partial charge in [0.2, 0.25) is 0 Å². The van der Waals surface area contributed by atoms with Gasteiger partial charge >= 0.3 is 0 Å². The minimum atomic E-state index is -0.321. The topological polar surface area (TPSA) is 52.0 Å². The van der Waals surface area contributed by atoms with Crippen molar-refractivity contribution in [2.24, 2.45) is 16.9 Å². The van der Waals surface area contributed by atoms with E-state index >= 15 is 0 Å². The molecule has 0 amide bonds. The molecular formula is C19H30N2. The Labute approximate surface area is 130 Å². The van der Waals surface area contributed by atoms with Crippen LogP contribution in [0.2, 0.25) is 0 Å². The summed E-state index contributed by atoms with van der Waals surface area (Å²) in [6.07, 6.45) is 17.3. The molecule has 0 fully saturated rings. The van der Waals surface area contributed by atoms with E-state index < -0.39 is 0 Å². The summed E-state index contributed by atoms with van der Waals surface area (Å²) in [5, 5.41) is 0. The van der Waals surface area contributed by atoms with Crippen LogP contribution in [0.25, 0.3) is 0 Å². The molecule has 0 aliphatic rings. The first kappa shape index (κ1) is 19.2. The lowest BCUT2D eigenvalue weighted by molar-refractivity contribution is 0.259. The molecule has 0 atom stereocenters. The normalized spacial score (nSPS) is 15.5. The van der Waals surface area contributed by atoms with Gasteiger partial charge in [0.05, 0.1) is 0 Å². The van der Waals surface area contributed by atoms with E-state index in [0.29, 0.717) is 0 Å². The van der Waals surface area contributed by atoms with Gasteiger partial charge in [-0.25, -0.2) is 0 Å². The highest BCUT2D eigenvalue weighted by molar-refractivity contribution is 5.34. The second-order valence-electron chi connectivity index (χ2n) is 6.22. The fraction of sp³-hybridized carbons (Fsp3) is 0.368. The van der Waals surface area contributed by atoms with Gasteiger partial charge in [-0.2, -0.15) is 0 Å². The van der Waals surface area contributed by atoms with Crippen molar-refractivity contribution in [1.82, 2.24) is 0 Å². The first-order valence-corrected chi connectivity index (χ1v) is 7.18. The third-order valence-corrected chi connectivity index (χ3v) is 3.85. The molecule has 0 aliphatic heterocycles. The van der Waals surface area contributed by atoms with E-state index in [4.69, 9.17) is 11.5 Å². The van der Waals surface area contributed by atoms with Crippen molar-refractivity contribution >= 4 is 0 Å². The van der Waals surface area contributed by atoms with Crippen LogP contribution in [-0.2, 0) is 0 Å². The molecule has 0 spiro atoms. The van der Waals surface area contributed by atoms with Gasteiger partial charge < -0.3 is 11.5 Å². The highest BCUT2D eigenvalue weighted by atomic mass is 14.8. The molecular weight excluding hydrogens is 256 g/mol. The summed E-state index contributed by atoms with van der Waals surface area (Å²) in [5.74, 6) is 0. The van der Waals surface area contributed by atoms with Gasteiger partial charge in [-0.1, -0.05) is 63.0 Å². The Balaban J connectivity index is 5.11. The maximum absolute atomic E-state index is 6.29. The van der Waals surface area contributed by atoms with E-state index in [1.807, 2.05) is 57.2 Å². The Morgan fingerprint density at radius 3 is 2.05 bits per heavy atom. The Hall–Kier alpha value is -1.80. The van der Waals surface area contributed by atoms with Gasteiger partial charge in [-0.05, 0) is 44.2 Å². The zero-order valence-electron chi connectivity index (χ0n) is 14.1. The van der Waals surface area contributed by atoms with Crippen LogP contribution in [0.3, 0.4) is 0 Å². The van der Waals surface area contributed by atoms with Crippen molar-refractivity contribution < 1.29 is 0 Å². The lowest BCUT2D eigenvalue weighted by atomic mass is 9.69. The van der Waals surface area contributed by atoms with Crippen LogP contribution in [0.15, 0.2) is 72.5 Å². The van der Waals surface area contributed by atoms with E-state index in [-0.39, 0.29) is 11.0 Å². The van der Waals surface area contributed by atoms with Crippen molar-refractivity contribution in [2.75, 3.05) is 0 Å². The molecule has 0 heterocycles. The minimum absolute atomic E-state index is 0.153. The van der Waals surface area contributed by atoms with Gasteiger partial charge in [-0.15, -0.1) is 0 Å². The number of rotatable bonds is 7. The van der Waals surface area contributed by atoms with Crippen LogP contribution < -0.4 is 11.5 Å². The van der Waals surface area contributed by atoms with Crippen molar-refractivity contribution in [2.45, 2.75) is 40.2 Å². The van der Waals surface area contributed by atoms with Crippen molar-refractivity contribution in [1.29, 1.82) is 0 Å². The number of allylic oxidation sites excluding steroid dienone is 9. The van der Waals surface area contributed by atoms with Gasteiger partial charge in [0.25, 0.3) is 0 Å². The summed E-state index contributed by atoms with van der Waals surface area (Å²) in [4.78, 5) is 0. The summed E-state index contributed by atoms with van der Waals surface area (Å²) in [6, 6.07) is 0. The van der Waals surface area contributed by atoms with E-state index in [0.717, 1.165) is 11.1 Å². The second kappa shape index (κ2) is 8.48. The highest BCUT2D eigenvalue weighted by Crippen LogP contribution is 2.37. The summed E-state index contributed by atoms with van der Waals surface area (Å²) in [5.41, 5.74) is 13.4. The molecule has 0 saturated carbocycles. The SMILES string of the molecule is C=C\C=C(/C=C\C=C/C=C(C)\C=C\N)C(C)(C)C(C)(C)N. The minimum Gasteiger partial charge on any atom is -0.405 e. The third kappa shape index (κ3) is 6.46. The van der Waals surface area contributed by atoms with Crippen molar-refractivity contribution in [3.63, 3.8) is 0 Å². The molecule has 0 aromatic carbocycles. The Morgan fingerprint density at radius 2 is 1.57 bits per heavy atom. The maximum atomic E-state index is 6.29. The molecule has 2 heteroatoms. The predicted molar refractivity (Wildman–Crippen MR) is 95.7 cm³/mol. The quantitative estimate of drug-likeness (QED) is 0.682. The molecule has 0 aromatic heterocycles. The van der Waals surface area contributed by atoms with Gasteiger partial charge in [0, 0.05) is 11.0 Å². The molecule has 0 unspecified atom stereocenters. The highest BCUT2D eigenvalue weighted by Gasteiger charge is 2.35. The maximum Gasteiger partial charge on any atom is 0.0189 e. The second-order valence-corrected chi connectivity index (χ2v) is 6.22. The van der Waals surface area contributed by atoms with Crippen molar-refractivity contribution in [3.05, 3.63) is 72.5 Å². The van der Waals surface area contributed by atoms with Gasteiger partial charge in [-0.3, -0.25) is 0 Å². The van der Waals surface area contributed by atoms with E-state index in [2.05, 4.69) is 26.5 Å². The van der Waals surface area contributed by atoms with Crippen LogP contribution in [0.4, 0.5) is 0 Å². The van der Waals surface area contributed by atoms with Crippen LogP contribution in [0.5, 0.6) is 0 Å². The summed E-state index contributed by atoms with van der Waals surface area (Å²) >= 11 is 0.